The van der Waals surface area contributed by atoms with E-state index in [0.717, 1.165) is 25.3 Å². The number of carbonyl (C=O) groups is 5. The van der Waals surface area contributed by atoms with Crippen molar-refractivity contribution in [3.8, 4) is 0 Å². The second-order valence-electron chi connectivity index (χ2n) is 8.38. The summed E-state index contributed by atoms with van der Waals surface area (Å²) < 4.78 is 4.78. The number of carbonyl (C=O) groups excluding carboxylic acids is 5. The fourth-order valence-electron chi connectivity index (χ4n) is 3.63. The molecule has 1 unspecified atom stereocenters. The molecule has 4 rings (SSSR count). The lowest BCUT2D eigenvalue weighted by atomic mass is 9.95. The van der Waals surface area contributed by atoms with Crippen molar-refractivity contribution in [2.75, 3.05) is 32.8 Å². The van der Waals surface area contributed by atoms with Gasteiger partial charge in [-0.2, -0.15) is 0 Å². The molecule has 0 aromatic rings. The van der Waals surface area contributed by atoms with Crippen molar-refractivity contribution in [3.63, 3.8) is 0 Å². The summed E-state index contributed by atoms with van der Waals surface area (Å²) in [6.07, 6.45) is 5.78. The number of nitrogens with zero attached hydrogens (tertiary/aromatic N) is 2. The fourth-order valence-corrected chi connectivity index (χ4v) is 3.63. The van der Waals surface area contributed by atoms with E-state index in [1.165, 1.54) is 12.8 Å². The first kappa shape index (κ1) is 21.5. The molecule has 2 amide bonds. The van der Waals surface area contributed by atoms with E-state index in [0.29, 0.717) is 32.0 Å². The van der Waals surface area contributed by atoms with Crippen LogP contribution in [0.3, 0.4) is 0 Å². The summed E-state index contributed by atoms with van der Waals surface area (Å²) in [5, 5.41) is 0. The molecule has 0 N–H and O–H groups in total. The molecule has 4 aliphatic rings. The summed E-state index contributed by atoms with van der Waals surface area (Å²) in [6.45, 7) is 4.54. The molecular formula is C21H30N2O6. The first-order valence-corrected chi connectivity index (χ1v) is 10.7. The third-order valence-electron chi connectivity index (χ3n) is 5.74. The molecule has 2 saturated heterocycles. The zero-order chi connectivity index (χ0) is 21.0. The van der Waals surface area contributed by atoms with Gasteiger partial charge in [0.1, 0.15) is 5.78 Å². The van der Waals surface area contributed by atoms with Crippen LogP contribution in [-0.4, -0.2) is 71.9 Å². The van der Waals surface area contributed by atoms with Crippen LogP contribution in [0.5, 0.6) is 0 Å². The van der Waals surface area contributed by atoms with Crippen LogP contribution in [0.15, 0.2) is 0 Å². The van der Waals surface area contributed by atoms with Gasteiger partial charge in [-0.3, -0.25) is 24.0 Å². The molecule has 1 atom stereocenters. The van der Waals surface area contributed by atoms with Gasteiger partial charge >= 0.3 is 5.97 Å². The minimum Gasteiger partial charge on any atom is -0.465 e. The largest absolute Gasteiger partial charge is 0.465 e. The highest BCUT2D eigenvalue weighted by molar-refractivity contribution is 6.17. The summed E-state index contributed by atoms with van der Waals surface area (Å²) in [6, 6.07) is 0. The molecule has 0 aromatic heterocycles. The molecular weight excluding hydrogens is 376 g/mol. The number of piperidine rings is 2. The molecule has 4 fully saturated rings. The van der Waals surface area contributed by atoms with Gasteiger partial charge in [-0.05, 0) is 44.4 Å². The van der Waals surface area contributed by atoms with Crippen LogP contribution in [0, 0.1) is 17.8 Å². The molecule has 0 aromatic carbocycles. The molecule has 8 heteroatoms. The Labute approximate surface area is 170 Å². The molecule has 0 spiro atoms. The monoisotopic (exact) mass is 406 g/mol. The highest BCUT2D eigenvalue weighted by atomic mass is 16.5. The van der Waals surface area contributed by atoms with Crippen molar-refractivity contribution in [2.45, 2.75) is 51.9 Å². The molecule has 2 saturated carbocycles. The maximum absolute atomic E-state index is 12.0. The Hall–Kier alpha value is -2.25. The highest BCUT2D eigenvalue weighted by Crippen LogP contribution is 2.31. The molecule has 8 nitrogen and oxygen atoms in total. The summed E-state index contributed by atoms with van der Waals surface area (Å²) >= 11 is 0. The number of likely N-dealkylation sites (tertiary alicyclic amines) is 2. The van der Waals surface area contributed by atoms with Crippen LogP contribution >= 0.6 is 0 Å². The van der Waals surface area contributed by atoms with E-state index >= 15 is 0 Å². The average Bonchev–Trinajstić information content (AvgIpc) is 3.57. The molecule has 0 bridgehead atoms. The van der Waals surface area contributed by atoms with E-state index in [-0.39, 0.29) is 42.8 Å². The maximum Gasteiger partial charge on any atom is 0.326 e. The lowest BCUT2D eigenvalue weighted by molar-refractivity contribution is -0.161. The standard InChI is InChI=1S/C12H17NO4.C9H13NO2/c1-2-17-12(16)10-9(14)5-6-13(11(10)15)7-8-3-4-8;11-8-3-4-10(9(12)5-8)6-7-1-2-7/h8,10H,2-7H2,1H3;7H,1-6H2. The van der Waals surface area contributed by atoms with Crippen molar-refractivity contribution in [1.29, 1.82) is 0 Å². The Morgan fingerprint density at radius 2 is 1.52 bits per heavy atom. The average molecular weight is 406 g/mol. The molecule has 2 aliphatic carbocycles. The molecule has 2 heterocycles. The second-order valence-corrected chi connectivity index (χ2v) is 8.38. The van der Waals surface area contributed by atoms with Crippen LogP contribution in [0.25, 0.3) is 0 Å². The van der Waals surface area contributed by atoms with Gasteiger partial charge in [0.05, 0.1) is 13.0 Å². The van der Waals surface area contributed by atoms with Crippen LogP contribution < -0.4 is 0 Å². The van der Waals surface area contributed by atoms with Gasteiger partial charge in [0.15, 0.2) is 11.7 Å². The SMILES string of the molecule is CCOC(=O)C1C(=O)CCN(CC2CC2)C1=O.O=C1CCN(CC2CC2)C(=O)C1. The van der Waals surface area contributed by atoms with Gasteiger partial charge in [0, 0.05) is 39.0 Å². The summed E-state index contributed by atoms with van der Waals surface area (Å²) in [5.74, 6) is -1.13. The number of ether oxygens (including phenoxy) is 1. The number of Topliss-reactive ketones (excluding diaryl/α,β-unsaturated/α-hetero) is 2. The van der Waals surface area contributed by atoms with Crippen molar-refractivity contribution < 1.29 is 28.7 Å². The number of hydrogen-bond donors (Lipinski definition) is 0. The Kier molecular flexibility index (Phi) is 7.03. The predicted molar refractivity (Wildman–Crippen MR) is 103 cm³/mol. The third-order valence-corrected chi connectivity index (χ3v) is 5.74. The van der Waals surface area contributed by atoms with E-state index < -0.39 is 11.9 Å². The zero-order valence-corrected chi connectivity index (χ0v) is 17.1. The summed E-state index contributed by atoms with van der Waals surface area (Å²) in [4.78, 5) is 60.8. The number of hydrogen-bond acceptors (Lipinski definition) is 6. The van der Waals surface area contributed by atoms with Crippen molar-refractivity contribution in [3.05, 3.63) is 0 Å². The summed E-state index contributed by atoms with van der Waals surface area (Å²) in [5.41, 5.74) is 0. The Balaban J connectivity index is 0.000000176. The normalized spacial score (nSPS) is 24.9. The predicted octanol–water partition coefficient (Wildman–Crippen LogP) is 0.965. The van der Waals surface area contributed by atoms with Gasteiger partial charge in [-0.15, -0.1) is 0 Å². The first-order chi connectivity index (χ1) is 13.9. The topological polar surface area (TPSA) is 101 Å². The van der Waals surface area contributed by atoms with E-state index in [1.54, 1.807) is 11.8 Å². The first-order valence-electron chi connectivity index (χ1n) is 10.7. The van der Waals surface area contributed by atoms with Crippen LogP contribution in [-0.2, 0) is 28.7 Å². The van der Waals surface area contributed by atoms with Crippen LogP contribution in [0.1, 0.15) is 51.9 Å². The maximum atomic E-state index is 12.0. The number of rotatable bonds is 6. The van der Waals surface area contributed by atoms with E-state index in [2.05, 4.69) is 0 Å². The quantitative estimate of drug-likeness (QED) is 0.481. The Morgan fingerprint density at radius 3 is 2.07 bits per heavy atom. The molecule has 160 valence electrons. The van der Waals surface area contributed by atoms with Crippen molar-refractivity contribution >= 4 is 29.4 Å². The van der Waals surface area contributed by atoms with Crippen LogP contribution in [0.4, 0.5) is 0 Å². The molecule has 0 radical (unpaired) electrons. The minimum atomic E-state index is -1.21. The molecule has 29 heavy (non-hydrogen) atoms. The minimum absolute atomic E-state index is 0.0400. The second kappa shape index (κ2) is 9.50. The van der Waals surface area contributed by atoms with Crippen LogP contribution in [0.2, 0.25) is 0 Å². The number of amides is 2. The molecule has 2 aliphatic heterocycles. The van der Waals surface area contributed by atoms with Gasteiger partial charge < -0.3 is 14.5 Å². The van der Waals surface area contributed by atoms with Gasteiger partial charge in [0.25, 0.3) is 0 Å². The van der Waals surface area contributed by atoms with Gasteiger partial charge in [0.2, 0.25) is 11.8 Å². The van der Waals surface area contributed by atoms with E-state index in [1.807, 2.05) is 4.90 Å². The fraction of sp³-hybridized carbons (Fsp3) is 0.762. The van der Waals surface area contributed by atoms with E-state index in [9.17, 15) is 24.0 Å². The highest BCUT2D eigenvalue weighted by Gasteiger charge is 2.42. The van der Waals surface area contributed by atoms with Gasteiger partial charge in [-0.25, -0.2) is 0 Å². The van der Waals surface area contributed by atoms with Gasteiger partial charge in [-0.1, -0.05) is 0 Å². The lowest BCUT2D eigenvalue weighted by Gasteiger charge is -2.30. The van der Waals surface area contributed by atoms with E-state index in [4.69, 9.17) is 4.74 Å². The van der Waals surface area contributed by atoms with Crippen molar-refractivity contribution in [1.82, 2.24) is 9.80 Å². The van der Waals surface area contributed by atoms with Crippen molar-refractivity contribution in [2.24, 2.45) is 17.8 Å². The number of ketones is 2. The third kappa shape index (κ3) is 6.11. The lowest BCUT2D eigenvalue weighted by Crippen LogP contribution is -2.50. The Bertz CT molecular complexity index is 683. The zero-order valence-electron chi connectivity index (χ0n) is 17.1. The number of esters is 1. The smallest absolute Gasteiger partial charge is 0.326 e. The summed E-state index contributed by atoms with van der Waals surface area (Å²) in [7, 11) is 0. The Morgan fingerprint density at radius 1 is 0.931 bits per heavy atom.